The van der Waals surface area contributed by atoms with Crippen LogP contribution >= 0.6 is 0 Å². The average molecular weight is 386 g/mol. The molecule has 1 N–H and O–H groups in total. The van der Waals surface area contributed by atoms with Crippen LogP contribution in [0.4, 0.5) is 4.79 Å². The molecule has 0 saturated heterocycles. The topological polar surface area (TPSA) is 64.6 Å². The second kappa shape index (κ2) is 21.0. The lowest BCUT2D eigenvalue weighted by atomic mass is 10.0. The molecular formula is C22H43NO4. The van der Waals surface area contributed by atoms with E-state index >= 15 is 0 Å². The molecule has 0 rings (SSSR count). The highest BCUT2D eigenvalue weighted by molar-refractivity contribution is 5.71. The SMILES string of the molecule is CCCCCCCCCCCCCCCCCC(=O)OOC(=O)NCCC. The first-order chi connectivity index (χ1) is 13.2. The Morgan fingerprint density at radius 3 is 1.48 bits per heavy atom. The minimum atomic E-state index is -0.707. The van der Waals surface area contributed by atoms with Crippen molar-refractivity contribution in [3.05, 3.63) is 0 Å². The van der Waals surface area contributed by atoms with E-state index in [1.165, 1.54) is 77.0 Å². The summed E-state index contributed by atoms with van der Waals surface area (Å²) in [5.74, 6) is -0.476. The molecule has 0 spiro atoms. The van der Waals surface area contributed by atoms with Gasteiger partial charge in [0, 0.05) is 6.54 Å². The molecule has 0 bridgehead atoms. The fourth-order valence-corrected chi connectivity index (χ4v) is 3.02. The second-order valence-corrected chi connectivity index (χ2v) is 7.45. The Bertz CT molecular complexity index is 347. The van der Waals surface area contributed by atoms with Gasteiger partial charge in [0.05, 0.1) is 6.42 Å². The fourth-order valence-electron chi connectivity index (χ4n) is 3.02. The third kappa shape index (κ3) is 20.9. The van der Waals surface area contributed by atoms with Gasteiger partial charge in [0.25, 0.3) is 0 Å². The molecule has 0 radical (unpaired) electrons. The first-order valence-electron chi connectivity index (χ1n) is 11.4. The van der Waals surface area contributed by atoms with Crippen LogP contribution in [-0.2, 0) is 14.6 Å². The van der Waals surface area contributed by atoms with Crippen LogP contribution < -0.4 is 5.32 Å². The summed E-state index contributed by atoms with van der Waals surface area (Å²) in [4.78, 5) is 31.4. The van der Waals surface area contributed by atoms with Gasteiger partial charge in [0.1, 0.15) is 0 Å². The zero-order valence-electron chi connectivity index (χ0n) is 17.9. The third-order valence-electron chi connectivity index (χ3n) is 4.71. The Balaban J connectivity index is 3.20. The highest BCUT2D eigenvalue weighted by Gasteiger charge is 2.08. The number of amides is 1. The Morgan fingerprint density at radius 2 is 1.04 bits per heavy atom. The number of carbonyl (C=O) groups excluding carboxylic acids is 2. The molecule has 0 aliphatic carbocycles. The monoisotopic (exact) mass is 385 g/mol. The van der Waals surface area contributed by atoms with E-state index in [1.54, 1.807) is 0 Å². The summed E-state index contributed by atoms with van der Waals surface area (Å²) in [6, 6.07) is 0. The van der Waals surface area contributed by atoms with Gasteiger partial charge in [-0.15, -0.1) is 0 Å². The van der Waals surface area contributed by atoms with Crippen molar-refractivity contribution < 1.29 is 19.4 Å². The summed E-state index contributed by atoms with van der Waals surface area (Å²) in [5.41, 5.74) is 0. The molecule has 5 heteroatoms. The minimum absolute atomic E-state index is 0.305. The Morgan fingerprint density at radius 1 is 0.593 bits per heavy atom. The molecule has 0 unspecified atom stereocenters. The molecule has 0 aromatic heterocycles. The van der Waals surface area contributed by atoms with Gasteiger partial charge in [0.15, 0.2) is 0 Å². The van der Waals surface area contributed by atoms with Gasteiger partial charge in [0.2, 0.25) is 0 Å². The van der Waals surface area contributed by atoms with Crippen molar-refractivity contribution in [2.75, 3.05) is 6.54 Å². The van der Waals surface area contributed by atoms with E-state index in [0.29, 0.717) is 13.0 Å². The molecule has 0 atom stereocenters. The van der Waals surface area contributed by atoms with Crippen LogP contribution in [0.5, 0.6) is 0 Å². The average Bonchev–Trinajstić information content (AvgIpc) is 2.67. The predicted octanol–water partition coefficient (Wildman–Crippen LogP) is 6.84. The van der Waals surface area contributed by atoms with E-state index in [9.17, 15) is 9.59 Å². The number of nitrogens with one attached hydrogen (secondary N) is 1. The summed E-state index contributed by atoms with van der Waals surface area (Å²) in [5, 5.41) is 2.47. The van der Waals surface area contributed by atoms with Crippen LogP contribution in [0, 0.1) is 0 Å². The zero-order valence-corrected chi connectivity index (χ0v) is 17.9. The van der Waals surface area contributed by atoms with Gasteiger partial charge in [-0.3, -0.25) is 0 Å². The first kappa shape index (κ1) is 25.7. The van der Waals surface area contributed by atoms with E-state index in [1.807, 2.05) is 6.92 Å². The zero-order chi connectivity index (χ0) is 20.0. The van der Waals surface area contributed by atoms with Gasteiger partial charge >= 0.3 is 12.1 Å². The number of rotatable bonds is 18. The van der Waals surface area contributed by atoms with Gasteiger partial charge < -0.3 is 5.32 Å². The summed E-state index contributed by atoms with van der Waals surface area (Å²) in [6.07, 6.45) is 19.7. The standard InChI is InChI=1S/C22H43NO4/c1-3-5-6-7-8-9-10-11-12-13-14-15-16-17-18-19-21(24)26-27-22(25)23-20-4-2/h3-20H2,1-2H3,(H,23,25). The highest BCUT2D eigenvalue weighted by Crippen LogP contribution is 2.13. The van der Waals surface area contributed by atoms with E-state index < -0.39 is 12.1 Å². The lowest BCUT2D eigenvalue weighted by molar-refractivity contribution is -0.232. The van der Waals surface area contributed by atoms with Crippen molar-refractivity contribution in [3.8, 4) is 0 Å². The molecule has 0 saturated carbocycles. The maximum absolute atomic E-state index is 11.4. The number of hydrogen-bond acceptors (Lipinski definition) is 4. The van der Waals surface area contributed by atoms with Gasteiger partial charge in [-0.25, -0.2) is 19.4 Å². The maximum atomic E-state index is 11.4. The maximum Gasteiger partial charge on any atom is 0.450 e. The van der Waals surface area contributed by atoms with E-state index in [2.05, 4.69) is 22.0 Å². The quantitative estimate of drug-likeness (QED) is 0.159. The molecule has 160 valence electrons. The van der Waals surface area contributed by atoms with Crippen molar-refractivity contribution in [2.45, 2.75) is 123 Å². The first-order valence-corrected chi connectivity index (χ1v) is 11.4. The Labute approximate surface area is 166 Å². The summed E-state index contributed by atoms with van der Waals surface area (Å²) >= 11 is 0. The molecule has 0 heterocycles. The van der Waals surface area contributed by atoms with Crippen molar-refractivity contribution in [3.63, 3.8) is 0 Å². The smallest absolute Gasteiger partial charge is 0.318 e. The van der Waals surface area contributed by atoms with Crippen molar-refractivity contribution >= 4 is 12.1 Å². The molecular weight excluding hydrogens is 342 g/mol. The van der Waals surface area contributed by atoms with Crippen LogP contribution in [0.15, 0.2) is 0 Å². The fraction of sp³-hybridized carbons (Fsp3) is 0.909. The highest BCUT2D eigenvalue weighted by atomic mass is 17.2. The number of unbranched alkanes of at least 4 members (excludes halogenated alkanes) is 14. The van der Waals surface area contributed by atoms with Crippen molar-refractivity contribution in [1.82, 2.24) is 5.32 Å². The Kier molecular flexibility index (Phi) is 20.1. The van der Waals surface area contributed by atoms with Crippen LogP contribution in [0.3, 0.4) is 0 Å². The number of hydrogen-bond donors (Lipinski definition) is 1. The van der Waals surface area contributed by atoms with Crippen molar-refractivity contribution in [1.29, 1.82) is 0 Å². The van der Waals surface area contributed by atoms with Gasteiger partial charge in [-0.05, 0) is 12.8 Å². The van der Waals surface area contributed by atoms with Crippen LogP contribution in [0.25, 0.3) is 0 Å². The normalized spacial score (nSPS) is 10.6. The van der Waals surface area contributed by atoms with Crippen LogP contribution in [-0.4, -0.2) is 18.6 Å². The third-order valence-corrected chi connectivity index (χ3v) is 4.71. The molecule has 0 fully saturated rings. The van der Waals surface area contributed by atoms with Crippen LogP contribution in [0.1, 0.15) is 123 Å². The Hall–Kier alpha value is -1.26. The van der Waals surface area contributed by atoms with Crippen LogP contribution in [0.2, 0.25) is 0 Å². The molecule has 27 heavy (non-hydrogen) atoms. The van der Waals surface area contributed by atoms with Crippen molar-refractivity contribution in [2.24, 2.45) is 0 Å². The van der Waals surface area contributed by atoms with E-state index in [4.69, 9.17) is 0 Å². The summed E-state index contributed by atoms with van der Waals surface area (Å²) < 4.78 is 0. The largest absolute Gasteiger partial charge is 0.450 e. The lowest BCUT2D eigenvalue weighted by Crippen LogP contribution is -2.26. The molecule has 0 aliphatic heterocycles. The van der Waals surface area contributed by atoms with E-state index in [0.717, 1.165) is 25.7 Å². The minimum Gasteiger partial charge on any atom is -0.318 e. The molecule has 0 aromatic carbocycles. The summed E-state index contributed by atoms with van der Waals surface area (Å²) in [6.45, 7) is 4.71. The lowest BCUT2D eigenvalue weighted by Gasteiger charge is -2.04. The molecule has 0 aromatic rings. The van der Waals surface area contributed by atoms with E-state index in [-0.39, 0.29) is 0 Å². The second-order valence-electron chi connectivity index (χ2n) is 7.45. The predicted molar refractivity (Wildman–Crippen MR) is 110 cm³/mol. The van der Waals surface area contributed by atoms with Gasteiger partial charge in [-0.2, -0.15) is 0 Å². The molecule has 1 amide bonds. The van der Waals surface area contributed by atoms with Gasteiger partial charge in [-0.1, -0.05) is 104 Å². The number of carbonyl (C=O) groups is 2. The summed E-state index contributed by atoms with van der Waals surface area (Å²) in [7, 11) is 0. The molecule has 5 nitrogen and oxygen atoms in total. The molecule has 0 aliphatic rings.